The van der Waals surface area contributed by atoms with Gasteiger partial charge in [0.15, 0.2) is 0 Å². The van der Waals surface area contributed by atoms with Crippen molar-refractivity contribution in [1.82, 2.24) is 31.9 Å². The van der Waals surface area contributed by atoms with Crippen LogP contribution >= 0.6 is 0 Å². The number of rotatable bonds is 6. The summed E-state index contributed by atoms with van der Waals surface area (Å²) >= 11 is 0. The van der Waals surface area contributed by atoms with Gasteiger partial charge in [0.05, 0.1) is 24.8 Å². The molecule has 0 saturated heterocycles. The number of urea groups is 2. The zero-order valence-electron chi connectivity index (χ0n) is 21.5. The summed E-state index contributed by atoms with van der Waals surface area (Å²) in [5.74, 6) is 3.27. The number of amidine groups is 2. The Morgan fingerprint density at radius 3 is 1.64 bits per heavy atom. The van der Waals surface area contributed by atoms with Crippen LogP contribution in [0, 0.1) is 11.8 Å². The molecular weight excluding hydrogens is 456 g/mol. The van der Waals surface area contributed by atoms with E-state index in [1.54, 1.807) is 0 Å². The molecular formula is C26H44N8O2. The average Bonchev–Trinajstić information content (AvgIpc) is 3.60. The van der Waals surface area contributed by atoms with Crippen molar-refractivity contribution in [3.8, 4) is 0 Å². The molecule has 10 heteroatoms. The molecule has 36 heavy (non-hydrogen) atoms. The lowest BCUT2D eigenvalue weighted by atomic mass is 9.85. The second kappa shape index (κ2) is 12.1. The van der Waals surface area contributed by atoms with Crippen LogP contribution in [0.1, 0.15) is 77.0 Å². The van der Waals surface area contributed by atoms with Crippen molar-refractivity contribution in [2.45, 2.75) is 101 Å². The van der Waals surface area contributed by atoms with Gasteiger partial charge in [-0.05, 0) is 70.6 Å². The van der Waals surface area contributed by atoms with Crippen LogP contribution in [0.4, 0.5) is 9.59 Å². The Bertz CT molecular complexity index is 838. The van der Waals surface area contributed by atoms with Crippen molar-refractivity contribution in [3.05, 3.63) is 0 Å². The van der Waals surface area contributed by atoms with Crippen LogP contribution in [0.15, 0.2) is 9.98 Å². The van der Waals surface area contributed by atoms with Crippen LogP contribution < -0.4 is 31.9 Å². The van der Waals surface area contributed by atoms with Gasteiger partial charge in [-0.2, -0.15) is 0 Å². The molecule has 2 aliphatic heterocycles. The number of hydrogen-bond acceptors (Lipinski definition) is 6. The SMILES string of the molecule is O=C(NC1CCC(C2=NCCN2)CC1)NC1CCCC(NC(=O)NC2CCCC(C3=NCCN3)C2)C1. The Morgan fingerprint density at radius 2 is 1.08 bits per heavy atom. The van der Waals surface area contributed by atoms with Crippen LogP contribution in [0.25, 0.3) is 0 Å². The maximum absolute atomic E-state index is 12.7. The van der Waals surface area contributed by atoms with E-state index in [1.807, 2.05) is 0 Å². The minimum atomic E-state index is -0.0739. The highest BCUT2D eigenvalue weighted by atomic mass is 16.2. The highest BCUT2D eigenvalue weighted by molar-refractivity contribution is 5.86. The molecule has 4 atom stereocenters. The first kappa shape index (κ1) is 25.1. The smallest absolute Gasteiger partial charge is 0.315 e. The van der Waals surface area contributed by atoms with Crippen molar-refractivity contribution in [1.29, 1.82) is 0 Å². The molecule has 3 fully saturated rings. The van der Waals surface area contributed by atoms with Gasteiger partial charge in [-0.15, -0.1) is 0 Å². The molecule has 3 aliphatic carbocycles. The summed E-state index contributed by atoms with van der Waals surface area (Å²) in [6.45, 7) is 3.66. The van der Waals surface area contributed by atoms with E-state index < -0.39 is 0 Å². The fourth-order valence-electron chi connectivity index (χ4n) is 6.74. The number of carbonyl (C=O) groups is 2. The molecule has 2 heterocycles. The first-order chi connectivity index (χ1) is 17.6. The van der Waals surface area contributed by atoms with Gasteiger partial charge in [0.2, 0.25) is 0 Å². The number of aliphatic imine (C=N–C) groups is 2. The Balaban J connectivity index is 0.998. The van der Waals surface area contributed by atoms with E-state index in [9.17, 15) is 9.59 Å². The van der Waals surface area contributed by atoms with Crippen LogP contribution in [-0.4, -0.2) is 74.1 Å². The Hall–Kier alpha value is -2.52. The quantitative estimate of drug-likeness (QED) is 0.333. The second-order valence-corrected chi connectivity index (χ2v) is 11.3. The van der Waals surface area contributed by atoms with Crippen LogP contribution in [-0.2, 0) is 0 Å². The molecule has 4 unspecified atom stereocenters. The molecule has 5 aliphatic rings. The Morgan fingerprint density at radius 1 is 0.583 bits per heavy atom. The van der Waals surface area contributed by atoms with Crippen molar-refractivity contribution < 1.29 is 9.59 Å². The van der Waals surface area contributed by atoms with E-state index in [4.69, 9.17) is 0 Å². The molecule has 200 valence electrons. The van der Waals surface area contributed by atoms with Gasteiger partial charge in [0.25, 0.3) is 0 Å². The largest absolute Gasteiger partial charge is 0.372 e. The number of amides is 4. The number of hydrogen-bond donors (Lipinski definition) is 6. The van der Waals surface area contributed by atoms with Gasteiger partial charge in [0.1, 0.15) is 0 Å². The van der Waals surface area contributed by atoms with Gasteiger partial charge >= 0.3 is 12.1 Å². The minimum Gasteiger partial charge on any atom is -0.372 e. The summed E-state index contributed by atoms with van der Waals surface area (Å²) in [7, 11) is 0. The predicted octanol–water partition coefficient (Wildman–Crippen LogP) is 2.02. The molecule has 3 saturated carbocycles. The molecule has 0 spiro atoms. The number of nitrogens with one attached hydrogen (secondary N) is 6. The summed E-state index contributed by atoms with van der Waals surface area (Å²) < 4.78 is 0. The molecule has 0 radical (unpaired) electrons. The molecule has 0 bridgehead atoms. The summed E-state index contributed by atoms with van der Waals surface area (Å²) in [5.41, 5.74) is 0. The lowest BCUT2D eigenvalue weighted by Gasteiger charge is -2.33. The zero-order chi connectivity index (χ0) is 24.7. The summed E-state index contributed by atoms with van der Waals surface area (Å²) in [5, 5.41) is 19.6. The molecule has 0 aromatic rings. The number of nitrogens with zero attached hydrogens (tertiary/aromatic N) is 2. The van der Waals surface area contributed by atoms with Crippen LogP contribution in [0.2, 0.25) is 0 Å². The van der Waals surface area contributed by atoms with Crippen LogP contribution in [0.3, 0.4) is 0 Å². The van der Waals surface area contributed by atoms with Crippen molar-refractivity contribution in [2.24, 2.45) is 21.8 Å². The van der Waals surface area contributed by atoms with E-state index in [0.717, 1.165) is 109 Å². The lowest BCUT2D eigenvalue weighted by molar-refractivity contribution is 0.212. The van der Waals surface area contributed by atoms with Crippen molar-refractivity contribution in [3.63, 3.8) is 0 Å². The number of carbonyl (C=O) groups excluding carboxylic acids is 2. The second-order valence-electron chi connectivity index (χ2n) is 11.3. The first-order valence-electron chi connectivity index (χ1n) is 14.3. The van der Waals surface area contributed by atoms with E-state index >= 15 is 0 Å². The summed E-state index contributed by atoms with van der Waals surface area (Å²) in [6.07, 6.45) is 12.1. The molecule has 10 nitrogen and oxygen atoms in total. The molecule has 6 N–H and O–H groups in total. The van der Waals surface area contributed by atoms with E-state index in [0.29, 0.717) is 11.8 Å². The standard InChI is InChI=1S/C26H44N8O2/c35-25(31-19-9-7-17(8-10-19)23-27-11-12-28-23)33-21-5-2-6-22(16-21)34-26(36)32-20-4-1-3-18(15-20)24-29-13-14-30-24/h17-22H,1-16H2,(H,27,28)(H,29,30)(H2,31,33,35)(H2,32,34,36). The Labute approximate surface area is 214 Å². The van der Waals surface area contributed by atoms with Gasteiger partial charge in [-0.1, -0.05) is 6.42 Å². The molecule has 5 rings (SSSR count). The highest BCUT2D eigenvalue weighted by Crippen LogP contribution is 2.27. The normalized spacial score (nSPS) is 34.4. The fraction of sp³-hybridized carbons (Fsp3) is 0.846. The maximum Gasteiger partial charge on any atom is 0.315 e. The van der Waals surface area contributed by atoms with Gasteiger partial charge in [-0.25, -0.2) is 9.59 Å². The first-order valence-corrected chi connectivity index (χ1v) is 14.3. The maximum atomic E-state index is 12.7. The predicted molar refractivity (Wildman–Crippen MR) is 141 cm³/mol. The average molecular weight is 501 g/mol. The summed E-state index contributed by atoms with van der Waals surface area (Å²) in [4.78, 5) is 34.6. The van der Waals surface area contributed by atoms with Crippen molar-refractivity contribution in [2.75, 3.05) is 26.2 Å². The van der Waals surface area contributed by atoms with Gasteiger partial charge in [0, 0.05) is 49.1 Å². The zero-order valence-corrected chi connectivity index (χ0v) is 21.5. The summed E-state index contributed by atoms with van der Waals surface area (Å²) in [6, 6.07) is 0.485. The third-order valence-electron chi connectivity index (χ3n) is 8.59. The van der Waals surface area contributed by atoms with Gasteiger partial charge in [-0.3, -0.25) is 9.98 Å². The molecule has 0 aromatic carbocycles. The van der Waals surface area contributed by atoms with Gasteiger partial charge < -0.3 is 31.9 Å². The fourth-order valence-corrected chi connectivity index (χ4v) is 6.74. The van der Waals surface area contributed by atoms with E-state index in [2.05, 4.69) is 41.9 Å². The topological polar surface area (TPSA) is 131 Å². The van der Waals surface area contributed by atoms with Crippen molar-refractivity contribution >= 4 is 23.7 Å². The van der Waals surface area contributed by atoms with Crippen LogP contribution in [0.5, 0.6) is 0 Å². The Kier molecular flexibility index (Phi) is 8.48. The molecule has 0 aromatic heterocycles. The minimum absolute atomic E-state index is 0.0680. The van der Waals surface area contributed by atoms with E-state index in [-0.39, 0.29) is 36.2 Å². The molecule has 4 amide bonds. The lowest BCUT2D eigenvalue weighted by Crippen LogP contribution is -2.53. The third kappa shape index (κ3) is 6.82. The third-order valence-corrected chi connectivity index (χ3v) is 8.59. The highest BCUT2D eigenvalue weighted by Gasteiger charge is 2.30. The van der Waals surface area contributed by atoms with E-state index in [1.165, 1.54) is 5.84 Å². The monoisotopic (exact) mass is 500 g/mol.